The SMILES string of the molecule is C=N/C(=C\C(=C)OC)N1CCN(C(=O)OC(C)(C)C)CC1. The van der Waals surface area contributed by atoms with Crippen LogP contribution in [0, 0.1) is 0 Å². The molecule has 6 nitrogen and oxygen atoms in total. The third kappa shape index (κ3) is 5.49. The van der Waals surface area contributed by atoms with Crippen molar-refractivity contribution in [2.75, 3.05) is 33.3 Å². The van der Waals surface area contributed by atoms with Crippen LogP contribution < -0.4 is 0 Å². The molecule has 0 spiro atoms. The van der Waals surface area contributed by atoms with Gasteiger partial charge in [0.05, 0.1) is 7.11 Å². The Morgan fingerprint density at radius 1 is 1.19 bits per heavy atom. The lowest BCUT2D eigenvalue weighted by molar-refractivity contribution is 0.0168. The Morgan fingerprint density at radius 3 is 2.14 bits per heavy atom. The maximum atomic E-state index is 12.0. The third-order valence-electron chi connectivity index (χ3n) is 2.97. The van der Waals surface area contributed by atoms with Crippen LogP contribution in [0.15, 0.2) is 29.2 Å². The zero-order chi connectivity index (χ0) is 16.0. The van der Waals surface area contributed by atoms with Crippen molar-refractivity contribution in [3.63, 3.8) is 0 Å². The Labute approximate surface area is 126 Å². The van der Waals surface area contributed by atoms with Crippen molar-refractivity contribution >= 4 is 12.8 Å². The number of hydrogen-bond acceptors (Lipinski definition) is 5. The Kier molecular flexibility index (Phi) is 5.81. The molecule has 1 rings (SSSR count). The standard InChI is InChI=1S/C15H25N3O3/c1-12(20-6)11-13(16-5)17-7-9-18(10-8-17)14(19)21-15(2,3)4/h11H,1,5,7-10H2,2-4,6H3/b13-11+. The largest absolute Gasteiger partial charge is 0.497 e. The van der Waals surface area contributed by atoms with Gasteiger partial charge in [0.2, 0.25) is 0 Å². The van der Waals surface area contributed by atoms with E-state index in [1.54, 1.807) is 18.1 Å². The van der Waals surface area contributed by atoms with E-state index in [4.69, 9.17) is 9.47 Å². The Balaban J connectivity index is 2.59. The van der Waals surface area contributed by atoms with Gasteiger partial charge in [-0.05, 0) is 27.5 Å². The second kappa shape index (κ2) is 7.15. The van der Waals surface area contributed by atoms with Crippen LogP contribution in [0.5, 0.6) is 0 Å². The van der Waals surface area contributed by atoms with E-state index >= 15 is 0 Å². The molecular weight excluding hydrogens is 270 g/mol. The molecule has 0 aromatic heterocycles. The van der Waals surface area contributed by atoms with Crippen molar-refractivity contribution in [2.24, 2.45) is 4.99 Å². The number of hydrogen-bond donors (Lipinski definition) is 0. The number of carbonyl (C=O) groups excluding carboxylic acids is 1. The molecule has 0 aromatic carbocycles. The van der Waals surface area contributed by atoms with E-state index in [2.05, 4.69) is 18.3 Å². The van der Waals surface area contributed by atoms with E-state index in [0.717, 1.165) is 0 Å². The first-order valence-corrected chi connectivity index (χ1v) is 6.91. The molecule has 6 heteroatoms. The highest BCUT2D eigenvalue weighted by Crippen LogP contribution is 2.15. The molecule has 0 bridgehead atoms. The van der Waals surface area contributed by atoms with Gasteiger partial charge in [-0.2, -0.15) is 0 Å². The predicted molar refractivity (Wildman–Crippen MR) is 83.2 cm³/mol. The molecule has 0 N–H and O–H groups in total. The molecule has 21 heavy (non-hydrogen) atoms. The van der Waals surface area contributed by atoms with Crippen molar-refractivity contribution in [2.45, 2.75) is 26.4 Å². The zero-order valence-electron chi connectivity index (χ0n) is 13.4. The van der Waals surface area contributed by atoms with Gasteiger partial charge in [0, 0.05) is 32.3 Å². The Hall–Kier alpha value is -1.98. The first kappa shape index (κ1) is 17.1. The molecular formula is C15H25N3O3. The summed E-state index contributed by atoms with van der Waals surface area (Å²) in [5.74, 6) is 1.22. The molecule has 0 unspecified atom stereocenters. The summed E-state index contributed by atoms with van der Waals surface area (Å²) < 4.78 is 10.4. The van der Waals surface area contributed by atoms with Crippen molar-refractivity contribution in [3.05, 3.63) is 24.2 Å². The maximum Gasteiger partial charge on any atom is 0.410 e. The minimum Gasteiger partial charge on any atom is -0.497 e. The van der Waals surface area contributed by atoms with Gasteiger partial charge in [-0.3, -0.25) is 0 Å². The van der Waals surface area contributed by atoms with Crippen LogP contribution in [0.25, 0.3) is 0 Å². The number of ether oxygens (including phenoxy) is 2. The van der Waals surface area contributed by atoms with Crippen LogP contribution in [0.1, 0.15) is 20.8 Å². The predicted octanol–water partition coefficient (Wildman–Crippen LogP) is 2.24. The van der Waals surface area contributed by atoms with Crippen molar-refractivity contribution in [1.82, 2.24) is 9.80 Å². The van der Waals surface area contributed by atoms with Gasteiger partial charge in [-0.25, -0.2) is 9.79 Å². The highest BCUT2D eigenvalue weighted by Gasteiger charge is 2.26. The quantitative estimate of drug-likeness (QED) is 0.453. The molecule has 0 atom stereocenters. The van der Waals surface area contributed by atoms with Gasteiger partial charge in [-0.1, -0.05) is 6.58 Å². The molecule has 0 aromatic rings. The number of methoxy groups -OCH3 is 1. The number of piperazine rings is 1. The van der Waals surface area contributed by atoms with Gasteiger partial charge in [0.1, 0.15) is 17.2 Å². The average Bonchev–Trinajstić information content (AvgIpc) is 2.42. The molecule has 1 saturated heterocycles. The Bertz CT molecular complexity index is 430. The molecule has 0 saturated carbocycles. The molecule has 0 aliphatic carbocycles. The molecule has 1 heterocycles. The number of aliphatic imine (C=N–C) groups is 1. The minimum absolute atomic E-state index is 0.277. The fraction of sp³-hybridized carbons (Fsp3) is 0.600. The second-order valence-electron chi connectivity index (χ2n) is 5.79. The third-order valence-corrected chi connectivity index (χ3v) is 2.97. The van der Waals surface area contributed by atoms with Crippen molar-refractivity contribution in [3.8, 4) is 0 Å². The van der Waals surface area contributed by atoms with Crippen LogP contribution in [-0.4, -0.2) is 61.5 Å². The molecule has 1 aliphatic rings. The summed E-state index contributed by atoms with van der Waals surface area (Å²) in [4.78, 5) is 19.7. The smallest absolute Gasteiger partial charge is 0.410 e. The number of rotatable bonds is 4. The van der Waals surface area contributed by atoms with Crippen LogP contribution in [0.3, 0.4) is 0 Å². The van der Waals surface area contributed by atoms with Gasteiger partial charge >= 0.3 is 6.09 Å². The summed E-state index contributed by atoms with van der Waals surface area (Å²) in [7, 11) is 1.56. The molecule has 118 valence electrons. The number of nitrogens with zero attached hydrogens (tertiary/aromatic N) is 3. The number of carbonyl (C=O) groups is 1. The van der Waals surface area contributed by atoms with Crippen molar-refractivity contribution in [1.29, 1.82) is 0 Å². The molecule has 1 amide bonds. The molecule has 1 aliphatic heterocycles. The average molecular weight is 295 g/mol. The van der Waals surface area contributed by atoms with Crippen LogP contribution in [0.2, 0.25) is 0 Å². The minimum atomic E-state index is -0.474. The van der Waals surface area contributed by atoms with Gasteiger partial charge < -0.3 is 19.3 Å². The first-order valence-electron chi connectivity index (χ1n) is 6.91. The van der Waals surface area contributed by atoms with Crippen LogP contribution in [0.4, 0.5) is 4.79 Å². The number of allylic oxidation sites excluding steroid dienone is 1. The summed E-state index contributed by atoms with van der Waals surface area (Å²) in [6, 6.07) is 0. The van der Waals surface area contributed by atoms with E-state index < -0.39 is 5.60 Å². The van der Waals surface area contributed by atoms with E-state index in [1.165, 1.54) is 0 Å². The van der Waals surface area contributed by atoms with Gasteiger partial charge in [0.15, 0.2) is 0 Å². The van der Waals surface area contributed by atoms with Gasteiger partial charge in [0.25, 0.3) is 0 Å². The highest BCUT2D eigenvalue weighted by molar-refractivity contribution is 5.68. The van der Waals surface area contributed by atoms with E-state index in [0.29, 0.717) is 37.8 Å². The van der Waals surface area contributed by atoms with Crippen LogP contribution in [-0.2, 0) is 9.47 Å². The second-order valence-corrected chi connectivity index (χ2v) is 5.79. The first-order chi connectivity index (χ1) is 9.76. The fourth-order valence-corrected chi connectivity index (χ4v) is 1.88. The summed E-state index contributed by atoms with van der Waals surface area (Å²) in [5.41, 5.74) is -0.474. The van der Waals surface area contributed by atoms with E-state index in [1.807, 2.05) is 25.7 Å². The Morgan fingerprint density at radius 2 is 1.71 bits per heavy atom. The lowest BCUT2D eigenvalue weighted by Crippen LogP contribution is -2.49. The zero-order valence-corrected chi connectivity index (χ0v) is 13.4. The van der Waals surface area contributed by atoms with Crippen LogP contribution >= 0.6 is 0 Å². The monoisotopic (exact) mass is 295 g/mol. The molecule has 1 fully saturated rings. The van der Waals surface area contributed by atoms with Crippen molar-refractivity contribution < 1.29 is 14.3 Å². The summed E-state index contributed by atoms with van der Waals surface area (Å²) >= 11 is 0. The highest BCUT2D eigenvalue weighted by atomic mass is 16.6. The number of amides is 1. The van der Waals surface area contributed by atoms with E-state index in [9.17, 15) is 4.79 Å². The van der Waals surface area contributed by atoms with Gasteiger partial charge in [-0.15, -0.1) is 0 Å². The lowest BCUT2D eigenvalue weighted by Gasteiger charge is -2.36. The summed E-state index contributed by atoms with van der Waals surface area (Å²) in [5, 5.41) is 0. The summed E-state index contributed by atoms with van der Waals surface area (Å²) in [6.45, 7) is 15.4. The summed E-state index contributed by atoms with van der Waals surface area (Å²) in [6.07, 6.45) is 1.46. The maximum absolute atomic E-state index is 12.0. The van der Waals surface area contributed by atoms with E-state index in [-0.39, 0.29) is 6.09 Å². The topological polar surface area (TPSA) is 54.4 Å². The normalized spacial score (nSPS) is 16.5. The lowest BCUT2D eigenvalue weighted by atomic mass is 10.2. The fourth-order valence-electron chi connectivity index (χ4n) is 1.88. The molecule has 0 radical (unpaired) electrons.